The summed E-state index contributed by atoms with van der Waals surface area (Å²) in [5.41, 5.74) is 0. The summed E-state index contributed by atoms with van der Waals surface area (Å²) in [5.74, 6) is 0.628. The fraction of sp³-hybridized carbons (Fsp3) is 0.263. The molecule has 1 amide bonds. The van der Waals surface area contributed by atoms with Crippen LogP contribution in [0, 0.1) is 0 Å². The summed E-state index contributed by atoms with van der Waals surface area (Å²) >= 11 is 0. The lowest BCUT2D eigenvalue weighted by molar-refractivity contribution is -0.127. The number of ether oxygens (including phenoxy) is 1. The van der Waals surface area contributed by atoms with Crippen molar-refractivity contribution in [2.45, 2.75) is 26.0 Å². The number of fused-ring (bicyclic) bond motifs is 1. The highest BCUT2D eigenvalue weighted by atomic mass is 16.5. The van der Waals surface area contributed by atoms with Gasteiger partial charge in [0.15, 0.2) is 6.10 Å². The average molecular weight is 323 g/mol. The lowest BCUT2D eigenvalue weighted by atomic mass is 10.1. The predicted molar refractivity (Wildman–Crippen MR) is 93.9 cm³/mol. The molecule has 1 atom stereocenters. The van der Waals surface area contributed by atoms with Crippen LogP contribution in [-0.2, 0) is 11.3 Å². The summed E-state index contributed by atoms with van der Waals surface area (Å²) in [4.78, 5) is 16.2. The maximum Gasteiger partial charge on any atom is 0.260 e. The Morgan fingerprint density at radius 2 is 2.08 bits per heavy atom. The number of carbonyl (C=O) groups excluding carboxylic acids is 1. The molecule has 3 rings (SSSR count). The molecule has 1 N–H and O–H groups in total. The number of amides is 1. The Balaban J connectivity index is 1.52. The van der Waals surface area contributed by atoms with Gasteiger partial charge in [0, 0.05) is 30.9 Å². The minimum absolute atomic E-state index is 0.103. The summed E-state index contributed by atoms with van der Waals surface area (Å²) < 4.78 is 7.85. The lowest BCUT2D eigenvalue weighted by Crippen LogP contribution is -2.37. The van der Waals surface area contributed by atoms with Gasteiger partial charge >= 0.3 is 0 Å². The van der Waals surface area contributed by atoms with Crippen LogP contribution < -0.4 is 10.1 Å². The SMILES string of the molecule is C[C@H](Oc1cccc2ccccc12)C(=O)NCCCn1ccnc1. The fourth-order valence-electron chi connectivity index (χ4n) is 2.58. The van der Waals surface area contributed by atoms with Gasteiger partial charge in [-0.2, -0.15) is 0 Å². The molecule has 5 nitrogen and oxygen atoms in total. The number of hydrogen-bond acceptors (Lipinski definition) is 3. The van der Waals surface area contributed by atoms with Crippen LogP contribution in [0.3, 0.4) is 0 Å². The van der Waals surface area contributed by atoms with Crippen molar-refractivity contribution in [1.82, 2.24) is 14.9 Å². The highest BCUT2D eigenvalue weighted by Crippen LogP contribution is 2.25. The van der Waals surface area contributed by atoms with E-state index in [0.717, 1.165) is 29.5 Å². The van der Waals surface area contributed by atoms with Gasteiger partial charge in [-0.1, -0.05) is 36.4 Å². The lowest BCUT2D eigenvalue weighted by Gasteiger charge is -2.16. The van der Waals surface area contributed by atoms with Crippen molar-refractivity contribution in [1.29, 1.82) is 0 Å². The topological polar surface area (TPSA) is 56.1 Å². The Bertz CT molecular complexity index is 794. The number of nitrogens with zero attached hydrogens (tertiary/aromatic N) is 2. The third-order valence-corrected chi connectivity index (χ3v) is 3.87. The molecule has 0 aliphatic heterocycles. The van der Waals surface area contributed by atoms with Crippen molar-refractivity contribution in [3.8, 4) is 5.75 Å². The van der Waals surface area contributed by atoms with Crippen LogP contribution in [0.2, 0.25) is 0 Å². The number of benzene rings is 2. The molecule has 0 saturated carbocycles. The maximum absolute atomic E-state index is 12.2. The van der Waals surface area contributed by atoms with Crippen molar-refractivity contribution in [2.75, 3.05) is 6.54 Å². The third kappa shape index (κ3) is 3.93. The second kappa shape index (κ2) is 7.64. The Labute approximate surface area is 141 Å². The Kier molecular flexibility index (Phi) is 5.11. The fourth-order valence-corrected chi connectivity index (χ4v) is 2.58. The van der Waals surface area contributed by atoms with Crippen molar-refractivity contribution in [2.24, 2.45) is 0 Å². The molecule has 24 heavy (non-hydrogen) atoms. The molecule has 3 aromatic rings. The van der Waals surface area contributed by atoms with E-state index in [1.54, 1.807) is 19.4 Å². The van der Waals surface area contributed by atoms with E-state index in [1.807, 2.05) is 53.2 Å². The second-order valence-electron chi connectivity index (χ2n) is 5.68. The molecule has 0 aliphatic rings. The summed E-state index contributed by atoms with van der Waals surface area (Å²) in [6, 6.07) is 13.9. The van der Waals surface area contributed by atoms with Crippen LogP contribution in [0.25, 0.3) is 10.8 Å². The molecule has 5 heteroatoms. The van der Waals surface area contributed by atoms with Crippen LogP contribution >= 0.6 is 0 Å². The highest BCUT2D eigenvalue weighted by molar-refractivity contribution is 5.89. The number of aromatic nitrogens is 2. The molecule has 0 saturated heterocycles. The van der Waals surface area contributed by atoms with E-state index in [2.05, 4.69) is 10.3 Å². The summed E-state index contributed by atoms with van der Waals surface area (Å²) in [5, 5.41) is 5.03. The standard InChI is InChI=1S/C19H21N3O2/c1-15(19(23)21-10-5-12-22-13-11-20-14-22)24-18-9-4-7-16-6-2-3-8-17(16)18/h2-4,6-9,11,13-15H,5,10,12H2,1H3,(H,21,23)/t15-/m0/s1. The minimum atomic E-state index is -0.538. The molecule has 2 aromatic carbocycles. The van der Waals surface area contributed by atoms with Gasteiger partial charge in [-0.3, -0.25) is 4.79 Å². The quantitative estimate of drug-likeness (QED) is 0.680. The molecule has 0 spiro atoms. The molecule has 1 heterocycles. The number of nitrogens with one attached hydrogen (secondary N) is 1. The summed E-state index contributed by atoms with van der Waals surface area (Å²) in [7, 11) is 0. The number of rotatable bonds is 7. The van der Waals surface area contributed by atoms with Crippen molar-refractivity contribution < 1.29 is 9.53 Å². The minimum Gasteiger partial charge on any atom is -0.480 e. The third-order valence-electron chi connectivity index (χ3n) is 3.87. The normalized spacial score (nSPS) is 12.0. The monoisotopic (exact) mass is 323 g/mol. The Hall–Kier alpha value is -2.82. The van der Waals surface area contributed by atoms with Gasteiger partial charge < -0.3 is 14.6 Å². The number of aryl methyl sites for hydroxylation is 1. The average Bonchev–Trinajstić information content (AvgIpc) is 3.12. The van der Waals surface area contributed by atoms with Crippen molar-refractivity contribution in [3.63, 3.8) is 0 Å². The molecule has 1 aromatic heterocycles. The van der Waals surface area contributed by atoms with Crippen LogP contribution in [0.5, 0.6) is 5.75 Å². The number of hydrogen-bond donors (Lipinski definition) is 1. The van der Waals surface area contributed by atoms with Crippen molar-refractivity contribution in [3.05, 3.63) is 61.2 Å². The first-order valence-electron chi connectivity index (χ1n) is 8.12. The van der Waals surface area contributed by atoms with Gasteiger partial charge in [-0.15, -0.1) is 0 Å². The van der Waals surface area contributed by atoms with Gasteiger partial charge in [0.05, 0.1) is 6.33 Å². The molecule has 0 bridgehead atoms. The largest absolute Gasteiger partial charge is 0.480 e. The first-order valence-corrected chi connectivity index (χ1v) is 8.12. The van der Waals surface area contributed by atoms with Crippen molar-refractivity contribution >= 4 is 16.7 Å². The van der Waals surface area contributed by atoms with E-state index in [1.165, 1.54) is 0 Å². The van der Waals surface area contributed by atoms with E-state index >= 15 is 0 Å². The second-order valence-corrected chi connectivity index (χ2v) is 5.68. The first kappa shape index (κ1) is 16.1. The van der Waals surface area contributed by atoms with Crippen LogP contribution in [0.4, 0.5) is 0 Å². The van der Waals surface area contributed by atoms with Crippen LogP contribution in [0.1, 0.15) is 13.3 Å². The summed E-state index contributed by atoms with van der Waals surface area (Å²) in [6.07, 6.45) is 5.74. The smallest absolute Gasteiger partial charge is 0.260 e. The zero-order valence-corrected chi connectivity index (χ0v) is 13.7. The van der Waals surface area contributed by atoms with E-state index < -0.39 is 6.10 Å². The molecule has 0 unspecified atom stereocenters. The molecule has 124 valence electrons. The van der Waals surface area contributed by atoms with Gasteiger partial charge in [0.25, 0.3) is 5.91 Å². The number of carbonyl (C=O) groups is 1. The number of imidazole rings is 1. The maximum atomic E-state index is 12.2. The zero-order chi connectivity index (χ0) is 16.8. The van der Waals surface area contributed by atoms with Gasteiger partial charge in [-0.05, 0) is 24.8 Å². The van der Waals surface area contributed by atoms with Gasteiger partial charge in [-0.25, -0.2) is 4.98 Å². The zero-order valence-electron chi connectivity index (χ0n) is 13.7. The highest BCUT2D eigenvalue weighted by Gasteiger charge is 2.15. The van der Waals surface area contributed by atoms with E-state index in [9.17, 15) is 4.79 Å². The van der Waals surface area contributed by atoms with E-state index in [0.29, 0.717) is 6.54 Å². The van der Waals surface area contributed by atoms with Crippen LogP contribution in [0.15, 0.2) is 61.2 Å². The van der Waals surface area contributed by atoms with Gasteiger partial charge in [0.2, 0.25) is 0 Å². The molecular formula is C19H21N3O2. The summed E-state index contributed by atoms with van der Waals surface area (Å²) in [6.45, 7) is 3.21. The molecule has 0 aliphatic carbocycles. The van der Waals surface area contributed by atoms with Gasteiger partial charge in [0.1, 0.15) is 5.75 Å². The molecular weight excluding hydrogens is 302 g/mol. The van der Waals surface area contributed by atoms with Crippen LogP contribution in [-0.4, -0.2) is 28.1 Å². The van der Waals surface area contributed by atoms with E-state index in [-0.39, 0.29) is 5.91 Å². The Morgan fingerprint density at radius 3 is 2.92 bits per heavy atom. The predicted octanol–water partition coefficient (Wildman–Crippen LogP) is 3.01. The first-order chi connectivity index (χ1) is 11.7. The molecule has 0 fully saturated rings. The van der Waals surface area contributed by atoms with E-state index in [4.69, 9.17) is 4.74 Å². The Morgan fingerprint density at radius 1 is 1.25 bits per heavy atom. The molecule has 0 radical (unpaired) electrons.